The van der Waals surface area contributed by atoms with Gasteiger partial charge in [-0.05, 0) is 24.8 Å². The molecule has 1 aromatic carbocycles. The fourth-order valence-corrected chi connectivity index (χ4v) is 3.76. The molecule has 0 radical (unpaired) electrons. The maximum atomic E-state index is 12.3. The van der Waals surface area contributed by atoms with E-state index in [1.54, 1.807) is 4.90 Å². The molecule has 1 saturated carbocycles. The smallest absolute Gasteiger partial charge is 0.317 e. The van der Waals surface area contributed by atoms with Crippen molar-refractivity contribution in [1.29, 1.82) is 0 Å². The summed E-state index contributed by atoms with van der Waals surface area (Å²) in [6, 6.07) is 10.3. The molecule has 1 aliphatic heterocycles. The number of nitrogens with one attached hydrogen (secondary N) is 1. The number of hydrogen-bond donors (Lipinski definition) is 1. The molecule has 1 atom stereocenters. The van der Waals surface area contributed by atoms with Crippen LogP contribution in [0.5, 0.6) is 0 Å². The van der Waals surface area contributed by atoms with Gasteiger partial charge in [0.1, 0.15) is 0 Å². The van der Waals surface area contributed by atoms with E-state index >= 15 is 0 Å². The molecule has 0 aromatic heterocycles. The van der Waals surface area contributed by atoms with Crippen molar-refractivity contribution in [2.45, 2.75) is 50.2 Å². The minimum Gasteiger partial charge on any atom is -0.373 e. The fourth-order valence-electron chi connectivity index (χ4n) is 3.76. The van der Waals surface area contributed by atoms with Crippen LogP contribution in [0, 0.1) is 0 Å². The molecule has 1 saturated heterocycles. The zero-order valence-corrected chi connectivity index (χ0v) is 14.5. The predicted octanol–water partition coefficient (Wildman–Crippen LogP) is 3.83. The molecule has 1 spiro atoms. The summed E-state index contributed by atoms with van der Waals surface area (Å²) in [4.78, 5) is 14.1. The SMILES string of the molecule is CN(C/C=C/c1ccccc1)C(=O)N[C@H]1COC2(CCCCC2)C1. The van der Waals surface area contributed by atoms with Crippen LogP contribution in [0.25, 0.3) is 6.08 Å². The summed E-state index contributed by atoms with van der Waals surface area (Å²) in [5.41, 5.74) is 1.19. The van der Waals surface area contributed by atoms with E-state index < -0.39 is 0 Å². The molecule has 4 heteroatoms. The lowest BCUT2D eigenvalue weighted by Gasteiger charge is -2.32. The molecule has 24 heavy (non-hydrogen) atoms. The first-order valence-electron chi connectivity index (χ1n) is 9.04. The summed E-state index contributed by atoms with van der Waals surface area (Å²) >= 11 is 0. The fraction of sp³-hybridized carbons (Fsp3) is 0.550. The number of amides is 2. The Morgan fingerprint density at radius 1 is 1.29 bits per heavy atom. The van der Waals surface area contributed by atoms with Crippen LogP contribution in [-0.2, 0) is 4.74 Å². The van der Waals surface area contributed by atoms with Gasteiger partial charge >= 0.3 is 6.03 Å². The summed E-state index contributed by atoms with van der Waals surface area (Å²) in [6.45, 7) is 1.25. The number of hydrogen-bond acceptors (Lipinski definition) is 2. The van der Waals surface area contributed by atoms with Crippen molar-refractivity contribution in [3.05, 3.63) is 42.0 Å². The quantitative estimate of drug-likeness (QED) is 0.912. The van der Waals surface area contributed by atoms with Gasteiger partial charge in [0.15, 0.2) is 0 Å². The second-order valence-electron chi connectivity index (χ2n) is 7.10. The molecule has 2 aliphatic rings. The van der Waals surface area contributed by atoms with Crippen LogP contribution in [0.1, 0.15) is 44.1 Å². The Labute approximate surface area is 144 Å². The third-order valence-electron chi connectivity index (χ3n) is 5.14. The van der Waals surface area contributed by atoms with Crippen LogP contribution in [0.15, 0.2) is 36.4 Å². The number of urea groups is 1. The van der Waals surface area contributed by atoms with Gasteiger partial charge in [0.2, 0.25) is 0 Å². The Bertz CT molecular complexity index is 564. The van der Waals surface area contributed by atoms with Crippen molar-refractivity contribution in [3.8, 4) is 0 Å². The molecular weight excluding hydrogens is 300 g/mol. The maximum Gasteiger partial charge on any atom is 0.317 e. The summed E-state index contributed by atoms with van der Waals surface area (Å²) in [5.74, 6) is 0. The van der Waals surface area contributed by atoms with Crippen molar-refractivity contribution in [3.63, 3.8) is 0 Å². The van der Waals surface area contributed by atoms with Gasteiger partial charge in [-0.25, -0.2) is 4.79 Å². The van der Waals surface area contributed by atoms with E-state index in [0.717, 1.165) is 24.8 Å². The second kappa shape index (κ2) is 7.84. The van der Waals surface area contributed by atoms with E-state index in [9.17, 15) is 4.79 Å². The molecule has 1 aromatic rings. The number of benzene rings is 1. The lowest BCUT2D eigenvalue weighted by atomic mass is 9.82. The van der Waals surface area contributed by atoms with E-state index in [1.807, 2.05) is 37.4 Å². The first-order chi connectivity index (χ1) is 11.7. The molecule has 1 N–H and O–H groups in total. The molecule has 4 nitrogen and oxygen atoms in total. The lowest BCUT2D eigenvalue weighted by molar-refractivity contribution is -0.0246. The molecule has 3 rings (SSSR count). The number of rotatable bonds is 4. The average molecular weight is 328 g/mol. The number of nitrogens with zero attached hydrogens (tertiary/aromatic N) is 1. The van der Waals surface area contributed by atoms with Crippen LogP contribution in [0.2, 0.25) is 0 Å². The van der Waals surface area contributed by atoms with E-state index in [0.29, 0.717) is 13.2 Å². The Morgan fingerprint density at radius 2 is 2.04 bits per heavy atom. The van der Waals surface area contributed by atoms with E-state index in [2.05, 4.69) is 17.4 Å². The minimum atomic E-state index is -0.0193. The van der Waals surface area contributed by atoms with E-state index in [4.69, 9.17) is 4.74 Å². The van der Waals surface area contributed by atoms with Crippen molar-refractivity contribution in [1.82, 2.24) is 10.2 Å². The van der Waals surface area contributed by atoms with Crippen LogP contribution in [-0.4, -0.2) is 42.8 Å². The van der Waals surface area contributed by atoms with Gasteiger partial charge in [-0.15, -0.1) is 0 Å². The van der Waals surface area contributed by atoms with Gasteiger partial charge in [-0.2, -0.15) is 0 Å². The molecule has 2 amide bonds. The largest absolute Gasteiger partial charge is 0.373 e. The Kier molecular flexibility index (Phi) is 5.56. The molecular formula is C20H28N2O2. The third-order valence-corrected chi connectivity index (χ3v) is 5.14. The number of likely N-dealkylation sites (N-methyl/N-ethyl adjacent to an activating group) is 1. The number of ether oxygens (including phenoxy) is 1. The van der Waals surface area contributed by atoms with Gasteiger partial charge in [0, 0.05) is 13.6 Å². The highest BCUT2D eigenvalue weighted by Gasteiger charge is 2.41. The first-order valence-corrected chi connectivity index (χ1v) is 9.04. The highest BCUT2D eigenvalue weighted by atomic mass is 16.5. The van der Waals surface area contributed by atoms with Crippen LogP contribution >= 0.6 is 0 Å². The Balaban J connectivity index is 1.44. The zero-order valence-electron chi connectivity index (χ0n) is 14.5. The summed E-state index contributed by atoms with van der Waals surface area (Å²) in [7, 11) is 1.83. The summed E-state index contributed by atoms with van der Waals surface area (Å²) in [5, 5.41) is 3.13. The zero-order chi connectivity index (χ0) is 16.8. The van der Waals surface area contributed by atoms with Crippen molar-refractivity contribution in [2.24, 2.45) is 0 Å². The van der Waals surface area contributed by atoms with Crippen molar-refractivity contribution >= 4 is 12.1 Å². The van der Waals surface area contributed by atoms with Crippen molar-refractivity contribution in [2.75, 3.05) is 20.2 Å². The third kappa shape index (κ3) is 4.38. The highest BCUT2D eigenvalue weighted by Crippen LogP contribution is 2.39. The molecule has 0 unspecified atom stereocenters. The standard InChI is InChI=1S/C20H28N2O2/c1-22(14-8-11-17-9-4-2-5-10-17)19(23)21-18-15-20(24-16-18)12-6-3-7-13-20/h2,4-5,8-11,18H,3,6-7,12-16H2,1H3,(H,21,23)/b11-8+/t18-/m1/s1. The molecule has 0 bridgehead atoms. The van der Waals surface area contributed by atoms with Gasteiger partial charge < -0.3 is 15.0 Å². The predicted molar refractivity (Wildman–Crippen MR) is 96.8 cm³/mol. The normalized spacial score (nSPS) is 22.8. The minimum absolute atomic E-state index is 0.0193. The molecule has 2 fully saturated rings. The molecule has 1 aliphatic carbocycles. The monoisotopic (exact) mass is 328 g/mol. The van der Waals surface area contributed by atoms with Crippen LogP contribution in [0.3, 0.4) is 0 Å². The first kappa shape index (κ1) is 17.0. The van der Waals surface area contributed by atoms with Gasteiger partial charge in [-0.3, -0.25) is 0 Å². The lowest BCUT2D eigenvalue weighted by Crippen LogP contribution is -2.44. The van der Waals surface area contributed by atoms with Crippen LogP contribution < -0.4 is 5.32 Å². The average Bonchev–Trinajstić information content (AvgIpc) is 2.98. The molecule has 1 heterocycles. The van der Waals surface area contributed by atoms with Gasteiger partial charge in [-0.1, -0.05) is 61.7 Å². The Morgan fingerprint density at radius 3 is 2.79 bits per heavy atom. The van der Waals surface area contributed by atoms with Crippen LogP contribution in [0.4, 0.5) is 4.79 Å². The second-order valence-corrected chi connectivity index (χ2v) is 7.10. The Hall–Kier alpha value is -1.81. The maximum absolute atomic E-state index is 12.3. The van der Waals surface area contributed by atoms with E-state index in [-0.39, 0.29) is 17.7 Å². The number of carbonyl (C=O) groups excluding carboxylic acids is 1. The van der Waals surface area contributed by atoms with Gasteiger partial charge in [0.05, 0.1) is 18.2 Å². The molecule has 130 valence electrons. The topological polar surface area (TPSA) is 41.6 Å². The van der Waals surface area contributed by atoms with Crippen molar-refractivity contribution < 1.29 is 9.53 Å². The number of carbonyl (C=O) groups is 1. The summed E-state index contributed by atoms with van der Waals surface area (Å²) in [6.07, 6.45) is 11.1. The highest BCUT2D eigenvalue weighted by molar-refractivity contribution is 5.74. The summed E-state index contributed by atoms with van der Waals surface area (Å²) < 4.78 is 6.07. The van der Waals surface area contributed by atoms with Gasteiger partial charge in [0.25, 0.3) is 0 Å². The van der Waals surface area contributed by atoms with E-state index in [1.165, 1.54) is 19.3 Å².